The zero-order valence-corrected chi connectivity index (χ0v) is 18.2. The van der Waals surface area contributed by atoms with Crippen LogP contribution < -0.4 is 0 Å². The van der Waals surface area contributed by atoms with Crippen LogP contribution in [0.5, 0.6) is 0 Å². The van der Waals surface area contributed by atoms with Gasteiger partial charge in [0.1, 0.15) is 5.69 Å². The zero-order chi connectivity index (χ0) is 21.7. The molecule has 156 valence electrons. The topological polar surface area (TPSA) is 68.3 Å². The molecule has 0 unspecified atom stereocenters. The number of carbonyl (C=O) groups excluding carboxylic acids is 1. The summed E-state index contributed by atoms with van der Waals surface area (Å²) in [6, 6.07) is 0.899. The molecule has 7 nitrogen and oxygen atoms in total. The van der Waals surface area contributed by atoms with Gasteiger partial charge in [0, 0.05) is 37.1 Å². The normalized spacial score (nSPS) is 12.0. The molecule has 0 spiro atoms. The van der Waals surface area contributed by atoms with E-state index in [2.05, 4.69) is 31.1 Å². The molecule has 3 aromatic heterocycles. The third kappa shape index (κ3) is 3.75. The van der Waals surface area contributed by atoms with Gasteiger partial charge in [0.2, 0.25) is 0 Å². The predicted molar refractivity (Wildman–Crippen MR) is 104 cm³/mol. The molecule has 0 bridgehead atoms. The lowest BCUT2D eigenvalue weighted by Crippen LogP contribution is -2.27. The maximum Gasteiger partial charge on any atom is 0.433 e. The minimum absolute atomic E-state index is 0.0553. The highest BCUT2D eigenvalue weighted by Gasteiger charge is 2.36. The fourth-order valence-electron chi connectivity index (χ4n) is 3.21. The summed E-state index contributed by atoms with van der Waals surface area (Å²) >= 11 is 3.21. The molecule has 11 heteroatoms. The van der Waals surface area contributed by atoms with Crippen molar-refractivity contribution >= 4 is 27.5 Å². The van der Waals surface area contributed by atoms with Crippen molar-refractivity contribution in [2.75, 3.05) is 7.05 Å². The molecule has 0 saturated carbocycles. The van der Waals surface area contributed by atoms with Crippen LogP contribution in [0.3, 0.4) is 0 Å². The summed E-state index contributed by atoms with van der Waals surface area (Å²) in [5.41, 5.74) is 1.64. The van der Waals surface area contributed by atoms with Gasteiger partial charge in [0.15, 0.2) is 11.3 Å². The van der Waals surface area contributed by atoms with E-state index >= 15 is 0 Å². The van der Waals surface area contributed by atoms with Gasteiger partial charge >= 0.3 is 6.18 Å². The van der Waals surface area contributed by atoms with Crippen LogP contribution in [0.15, 0.2) is 10.5 Å². The summed E-state index contributed by atoms with van der Waals surface area (Å²) in [6.07, 6.45) is -4.63. The molecular weight excluding hydrogens is 453 g/mol. The molecule has 0 atom stereocenters. The van der Waals surface area contributed by atoms with Crippen molar-refractivity contribution in [3.8, 4) is 0 Å². The second-order valence-electron chi connectivity index (χ2n) is 6.80. The predicted octanol–water partition coefficient (Wildman–Crippen LogP) is 3.92. The maximum absolute atomic E-state index is 13.4. The summed E-state index contributed by atoms with van der Waals surface area (Å²) in [7, 11) is 1.57. The molecular formula is C18H20BrF3N6O. The minimum Gasteiger partial charge on any atom is -0.336 e. The van der Waals surface area contributed by atoms with Crippen LogP contribution in [0, 0.1) is 20.8 Å². The lowest BCUT2D eigenvalue weighted by Gasteiger charge is -2.16. The Morgan fingerprint density at radius 2 is 1.90 bits per heavy atom. The number of hydrogen-bond acceptors (Lipinski definition) is 4. The average molecular weight is 473 g/mol. The summed E-state index contributed by atoms with van der Waals surface area (Å²) in [4.78, 5) is 18.5. The average Bonchev–Trinajstić information content (AvgIpc) is 3.10. The standard InChI is InChI=1S/C18H20BrF3N6O/c1-6-27-11(4)12(10(3)24-27)8-26(5)17(29)15-14(19)16-23-9(2)7-13(18(20,21)22)28(16)25-15/h7H,6,8H2,1-5H3. The van der Waals surface area contributed by atoms with Gasteiger partial charge in [-0.15, -0.1) is 0 Å². The third-order valence-electron chi connectivity index (χ3n) is 4.73. The third-order valence-corrected chi connectivity index (χ3v) is 5.46. The molecule has 0 N–H and O–H groups in total. The molecule has 3 aromatic rings. The second-order valence-corrected chi connectivity index (χ2v) is 7.60. The molecule has 1 amide bonds. The minimum atomic E-state index is -4.63. The van der Waals surface area contributed by atoms with Gasteiger partial charge in [0.05, 0.1) is 10.2 Å². The largest absolute Gasteiger partial charge is 0.433 e. The van der Waals surface area contributed by atoms with E-state index in [1.807, 2.05) is 25.5 Å². The highest BCUT2D eigenvalue weighted by Crippen LogP contribution is 2.32. The molecule has 0 aliphatic carbocycles. The second kappa shape index (κ2) is 7.43. The summed E-state index contributed by atoms with van der Waals surface area (Å²) in [5, 5.41) is 8.35. The molecule has 3 heterocycles. The van der Waals surface area contributed by atoms with Gasteiger partial charge in [-0.25, -0.2) is 9.50 Å². The molecule has 3 rings (SSSR count). The Labute approximate surface area is 173 Å². The highest BCUT2D eigenvalue weighted by atomic mass is 79.9. The first-order valence-corrected chi connectivity index (χ1v) is 9.66. The van der Waals surface area contributed by atoms with E-state index in [4.69, 9.17) is 0 Å². The van der Waals surface area contributed by atoms with E-state index < -0.39 is 17.8 Å². The Morgan fingerprint density at radius 1 is 1.24 bits per heavy atom. The number of aryl methyl sites for hydroxylation is 3. The van der Waals surface area contributed by atoms with Crippen molar-refractivity contribution in [1.29, 1.82) is 0 Å². The van der Waals surface area contributed by atoms with Gasteiger partial charge in [-0.3, -0.25) is 9.48 Å². The van der Waals surface area contributed by atoms with E-state index in [1.54, 1.807) is 7.05 Å². The van der Waals surface area contributed by atoms with E-state index in [0.29, 0.717) is 11.1 Å². The Bertz CT molecular complexity index is 1100. The van der Waals surface area contributed by atoms with E-state index in [9.17, 15) is 18.0 Å². The first-order valence-electron chi connectivity index (χ1n) is 8.87. The Hall–Kier alpha value is -2.43. The SMILES string of the molecule is CCn1nc(C)c(CN(C)C(=O)c2nn3c(C(F)(F)F)cc(C)nc3c2Br)c1C. The van der Waals surface area contributed by atoms with Crippen LogP contribution in [-0.4, -0.2) is 42.2 Å². The fraction of sp³-hybridized carbons (Fsp3) is 0.444. The zero-order valence-electron chi connectivity index (χ0n) is 16.6. The number of fused-ring (bicyclic) bond motifs is 1. The first-order chi connectivity index (χ1) is 13.5. The molecule has 0 aliphatic rings. The number of amides is 1. The number of carbonyl (C=O) groups is 1. The molecule has 0 aromatic carbocycles. The lowest BCUT2D eigenvalue weighted by molar-refractivity contribution is -0.142. The number of aromatic nitrogens is 5. The summed E-state index contributed by atoms with van der Waals surface area (Å²) < 4.78 is 42.8. The fourth-order valence-corrected chi connectivity index (χ4v) is 3.72. The van der Waals surface area contributed by atoms with Crippen LogP contribution in [-0.2, 0) is 19.3 Å². The van der Waals surface area contributed by atoms with Crippen molar-refractivity contribution in [1.82, 2.24) is 29.3 Å². The van der Waals surface area contributed by atoms with Gasteiger partial charge < -0.3 is 4.90 Å². The van der Waals surface area contributed by atoms with Crippen LogP contribution in [0.25, 0.3) is 5.65 Å². The Morgan fingerprint density at radius 3 is 2.45 bits per heavy atom. The van der Waals surface area contributed by atoms with Crippen LogP contribution in [0.1, 0.15) is 45.8 Å². The number of nitrogens with zero attached hydrogens (tertiary/aromatic N) is 6. The smallest absolute Gasteiger partial charge is 0.336 e. The molecule has 0 fully saturated rings. The number of halogens is 4. The molecule has 0 aliphatic heterocycles. The van der Waals surface area contributed by atoms with Crippen LogP contribution in [0.4, 0.5) is 13.2 Å². The van der Waals surface area contributed by atoms with Crippen LogP contribution >= 0.6 is 15.9 Å². The quantitative estimate of drug-likeness (QED) is 0.576. The van der Waals surface area contributed by atoms with Crippen molar-refractivity contribution in [2.24, 2.45) is 0 Å². The number of alkyl halides is 3. The van der Waals surface area contributed by atoms with Crippen LogP contribution in [0.2, 0.25) is 0 Å². The Balaban J connectivity index is 2.01. The monoisotopic (exact) mass is 472 g/mol. The highest BCUT2D eigenvalue weighted by molar-refractivity contribution is 9.10. The van der Waals surface area contributed by atoms with Crippen molar-refractivity contribution in [3.05, 3.63) is 44.6 Å². The van der Waals surface area contributed by atoms with E-state index in [-0.39, 0.29) is 28.1 Å². The van der Waals surface area contributed by atoms with Gasteiger partial charge in [0.25, 0.3) is 5.91 Å². The number of rotatable bonds is 4. The van der Waals surface area contributed by atoms with E-state index in [1.165, 1.54) is 11.8 Å². The van der Waals surface area contributed by atoms with Gasteiger partial charge in [-0.1, -0.05) is 0 Å². The molecule has 29 heavy (non-hydrogen) atoms. The molecule has 0 saturated heterocycles. The van der Waals surface area contributed by atoms with E-state index in [0.717, 1.165) is 23.0 Å². The maximum atomic E-state index is 13.4. The summed E-state index contributed by atoms with van der Waals surface area (Å²) in [5.74, 6) is -0.517. The lowest BCUT2D eigenvalue weighted by atomic mass is 10.2. The van der Waals surface area contributed by atoms with Crippen molar-refractivity contribution < 1.29 is 18.0 Å². The first kappa shape index (κ1) is 21.3. The van der Waals surface area contributed by atoms with Crippen molar-refractivity contribution in [2.45, 2.75) is 47.0 Å². The summed E-state index contributed by atoms with van der Waals surface area (Å²) in [6.45, 7) is 8.16. The van der Waals surface area contributed by atoms with Gasteiger partial charge in [-0.2, -0.15) is 23.4 Å². The number of hydrogen-bond donors (Lipinski definition) is 0. The van der Waals surface area contributed by atoms with Crippen molar-refractivity contribution in [3.63, 3.8) is 0 Å². The van der Waals surface area contributed by atoms with Gasteiger partial charge in [-0.05, 0) is 49.7 Å². The Kier molecular flexibility index (Phi) is 5.46. The molecule has 0 radical (unpaired) electrons.